The number of hydrogen-bond donors (Lipinski definition) is 3. The molecule has 4 amide bonds. The summed E-state index contributed by atoms with van der Waals surface area (Å²) in [7, 11) is 0. The van der Waals surface area contributed by atoms with Crippen molar-refractivity contribution in [2.75, 3.05) is 16.8 Å². The maximum atomic E-state index is 13.2. The molecule has 0 bridgehead atoms. The lowest BCUT2D eigenvalue weighted by Gasteiger charge is -2.29. The fourth-order valence-electron chi connectivity index (χ4n) is 4.35. The van der Waals surface area contributed by atoms with Crippen LogP contribution >= 0.6 is 0 Å². The second-order valence-corrected chi connectivity index (χ2v) is 8.24. The molecule has 2 aliphatic rings. The van der Waals surface area contributed by atoms with Gasteiger partial charge in [-0.15, -0.1) is 0 Å². The van der Waals surface area contributed by atoms with Crippen LogP contribution in [0.25, 0.3) is 0 Å². The molecule has 3 N–H and O–H groups in total. The van der Waals surface area contributed by atoms with Crippen LogP contribution in [-0.2, 0) is 16.1 Å². The maximum absolute atomic E-state index is 13.2. The van der Waals surface area contributed by atoms with Gasteiger partial charge in [0.05, 0.1) is 0 Å². The summed E-state index contributed by atoms with van der Waals surface area (Å²) in [6, 6.07) is 16.6. The van der Waals surface area contributed by atoms with Crippen molar-refractivity contribution in [2.24, 2.45) is 0 Å². The van der Waals surface area contributed by atoms with Crippen LogP contribution in [0.15, 0.2) is 54.6 Å². The van der Waals surface area contributed by atoms with Crippen LogP contribution in [0.1, 0.15) is 44.1 Å². The highest BCUT2D eigenvalue weighted by atomic mass is 16.2. The Kier molecular flexibility index (Phi) is 6.21. The zero-order valence-corrected chi connectivity index (χ0v) is 17.5. The molecule has 0 aromatic heterocycles. The highest BCUT2D eigenvalue weighted by Crippen LogP contribution is 2.32. The molecule has 0 unspecified atom stereocenters. The van der Waals surface area contributed by atoms with Crippen molar-refractivity contribution in [1.82, 2.24) is 10.6 Å². The molecular weight excluding hydrogens is 392 g/mol. The first kappa shape index (κ1) is 20.9. The van der Waals surface area contributed by atoms with Crippen molar-refractivity contribution in [1.29, 1.82) is 0 Å². The lowest BCUT2D eigenvalue weighted by molar-refractivity contribution is -0.122. The number of nitrogens with one attached hydrogen (secondary N) is 3. The molecule has 7 heteroatoms. The van der Waals surface area contributed by atoms with Crippen LogP contribution in [-0.4, -0.2) is 29.9 Å². The van der Waals surface area contributed by atoms with E-state index in [0.29, 0.717) is 38.0 Å². The molecule has 0 atom stereocenters. The molecule has 162 valence electrons. The Bertz CT molecular complexity index is 954. The Morgan fingerprint density at radius 2 is 1.74 bits per heavy atom. The molecule has 0 radical (unpaired) electrons. The summed E-state index contributed by atoms with van der Waals surface area (Å²) in [5.41, 5.74) is 1.48. The summed E-state index contributed by atoms with van der Waals surface area (Å²) in [5, 5.41) is 8.74. The molecule has 4 rings (SSSR count). The van der Waals surface area contributed by atoms with E-state index in [1.54, 1.807) is 11.0 Å². The first-order valence-corrected chi connectivity index (χ1v) is 10.9. The number of amides is 4. The molecule has 1 aliphatic carbocycles. The Morgan fingerprint density at radius 1 is 0.968 bits per heavy atom. The van der Waals surface area contributed by atoms with Crippen molar-refractivity contribution in [2.45, 2.75) is 50.6 Å². The number of rotatable bonds is 6. The SMILES string of the molecule is O=C(NCc1ccccc1)NC1(C(=O)Nc2cccc(N3CCCC3=O)c2)CCCC1. The predicted molar refractivity (Wildman–Crippen MR) is 120 cm³/mol. The van der Waals surface area contributed by atoms with Crippen LogP contribution < -0.4 is 20.9 Å². The molecule has 7 nitrogen and oxygen atoms in total. The van der Waals surface area contributed by atoms with Gasteiger partial charge in [0.25, 0.3) is 0 Å². The summed E-state index contributed by atoms with van der Waals surface area (Å²) in [5.74, 6) is -0.114. The second-order valence-electron chi connectivity index (χ2n) is 8.24. The number of urea groups is 1. The van der Waals surface area contributed by atoms with Gasteiger partial charge in [0.1, 0.15) is 5.54 Å². The molecule has 2 fully saturated rings. The van der Waals surface area contributed by atoms with Gasteiger partial charge >= 0.3 is 6.03 Å². The number of carbonyl (C=O) groups is 3. The smallest absolute Gasteiger partial charge is 0.315 e. The summed E-state index contributed by atoms with van der Waals surface area (Å²) in [4.78, 5) is 39.5. The Morgan fingerprint density at radius 3 is 2.45 bits per heavy atom. The minimum Gasteiger partial charge on any atom is -0.334 e. The van der Waals surface area contributed by atoms with Crippen LogP contribution in [0.4, 0.5) is 16.2 Å². The fraction of sp³-hybridized carbons (Fsp3) is 0.375. The third-order valence-corrected chi connectivity index (χ3v) is 6.03. The molecule has 0 spiro atoms. The number of nitrogens with zero attached hydrogens (tertiary/aromatic N) is 1. The molecular formula is C24H28N4O3. The number of carbonyl (C=O) groups excluding carboxylic acids is 3. The average molecular weight is 421 g/mol. The summed E-state index contributed by atoms with van der Waals surface area (Å²) in [6.07, 6.45) is 4.37. The Labute approximate surface area is 182 Å². The van der Waals surface area contributed by atoms with E-state index < -0.39 is 5.54 Å². The number of benzene rings is 2. The highest BCUT2D eigenvalue weighted by molar-refractivity contribution is 6.01. The lowest BCUT2D eigenvalue weighted by atomic mass is 9.96. The standard InChI is InChI=1S/C24H28N4O3/c29-21-12-7-15-28(21)20-11-6-10-19(16-20)26-22(30)24(13-4-5-14-24)27-23(31)25-17-18-8-2-1-3-9-18/h1-3,6,8-11,16H,4-5,7,12-15,17H2,(H,26,30)(H2,25,27,31). The molecule has 1 saturated heterocycles. The molecule has 31 heavy (non-hydrogen) atoms. The largest absolute Gasteiger partial charge is 0.334 e. The predicted octanol–water partition coefficient (Wildman–Crippen LogP) is 3.56. The zero-order chi connectivity index (χ0) is 21.7. The van der Waals surface area contributed by atoms with Crippen LogP contribution in [0.3, 0.4) is 0 Å². The second kappa shape index (κ2) is 9.20. The van der Waals surface area contributed by atoms with Crippen molar-refractivity contribution in [3.63, 3.8) is 0 Å². The van der Waals surface area contributed by atoms with E-state index in [1.807, 2.05) is 48.5 Å². The summed E-state index contributed by atoms with van der Waals surface area (Å²) in [6.45, 7) is 1.10. The first-order chi connectivity index (χ1) is 15.1. The summed E-state index contributed by atoms with van der Waals surface area (Å²) < 4.78 is 0. The van der Waals surface area contributed by atoms with E-state index in [2.05, 4.69) is 16.0 Å². The van der Waals surface area contributed by atoms with E-state index in [1.165, 1.54) is 0 Å². The zero-order valence-electron chi connectivity index (χ0n) is 17.5. The monoisotopic (exact) mass is 420 g/mol. The molecule has 2 aromatic rings. The van der Waals surface area contributed by atoms with Crippen molar-refractivity contribution in [3.05, 3.63) is 60.2 Å². The van der Waals surface area contributed by atoms with Gasteiger partial charge in [-0.25, -0.2) is 4.79 Å². The Hall–Kier alpha value is -3.35. The topological polar surface area (TPSA) is 90.5 Å². The normalized spacial score (nSPS) is 17.4. The van der Waals surface area contributed by atoms with Crippen LogP contribution in [0, 0.1) is 0 Å². The summed E-state index contributed by atoms with van der Waals surface area (Å²) >= 11 is 0. The van der Waals surface area contributed by atoms with E-state index >= 15 is 0 Å². The third kappa shape index (κ3) is 4.87. The van der Waals surface area contributed by atoms with Crippen LogP contribution in [0.2, 0.25) is 0 Å². The molecule has 1 heterocycles. The van der Waals surface area contributed by atoms with E-state index in [9.17, 15) is 14.4 Å². The molecule has 1 saturated carbocycles. The highest BCUT2D eigenvalue weighted by Gasteiger charge is 2.42. The van der Waals surface area contributed by atoms with E-state index in [4.69, 9.17) is 0 Å². The van der Waals surface area contributed by atoms with Gasteiger partial charge in [0, 0.05) is 30.9 Å². The van der Waals surface area contributed by atoms with Gasteiger partial charge in [-0.3, -0.25) is 9.59 Å². The van der Waals surface area contributed by atoms with E-state index in [-0.39, 0.29) is 17.8 Å². The van der Waals surface area contributed by atoms with Crippen LogP contribution in [0.5, 0.6) is 0 Å². The maximum Gasteiger partial charge on any atom is 0.315 e. The quantitative estimate of drug-likeness (QED) is 0.667. The van der Waals surface area contributed by atoms with E-state index in [0.717, 1.165) is 30.5 Å². The number of anilines is 2. The van der Waals surface area contributed by atoms with Crippen molar-refractivity contribution in [3.8, 4) is 0 Å². The average Bonchev–Trinajstić information content (AvgIpc) is 3.43. The Balaban J connectivity index is 1.41. The van der Waals surface area contributed by atoms with Gasteiger partial charge < -0.3 is 20.9 Å². The fourth-order valence-corrected chi connectivity index (χ4v) is 4.35. The van der Waals surface area contributed by atoms with Gasteiger partial charge in [-0.05, 0) is 43.0 Å². The molecule has 2 aromatic carbocycles. The van der Waals surface area contributed by atoms with Crippen molar-refractivity contribution < 1.29 is 14.4 Å². The van der Waals surface area contributed by atoms with Gasteiger partial charge in [0.15, 0.2) is 0 Å². The van der Waals surface area contributed by atoms with Gasteiger partial charge in [-0.2, -0.15) is 0 Å². The first-order valence-electron chi connectivity index (χ1n) is 10.9. The number of hydrogen-bond acceptors (Lipinski definition) is 3. The van der Waals surface area contributed by atoms with Gasteiger partial charge in [0.2, 0.25) is 11.8 Å². The molecule has 1 aliphatic heterocycles. The van der Waals surface area contributed by atoms with Crippen molar-refractivity contribution >= 4 is 29.2 Å². The third-order valence-electron chi connectivity index (χ3n) is 6.03. The minimum atomic E-state index is -0.930. The minimum absolute atomic E-state index is 0.104. The van der Waals surface area contributed by atoms with Gasteiger partial charge in [-0.1, -0.05) is 49.2 Å². The lowest BCUT2D eigenvalue weighted by Crippen LogP contribution is -2.57.